The number of pyridine rings is 1. The van der Waals surface area contributed by atoms with Crippen LogP contribution in [0.25, 0.3) is 0 Å². The maximum Gasteiger partial charge on any atom is 0.272 e. The molecule has 1 atom stereocenters. The summed E-state index contributed by atoms with van der Waals surface area (Å²) < 4.78 is 31.7. The van der Waals surface area contributed by atoms with Crippen LogP contribution in [0, 0.1) is 5.82 Å². The fraction of sp³-hybridized carbons (Fsp3) is 0.500. The van der Waals surface area contributed by atoms with Crippen LogP contribution < -0.4 is 9.47 Å². The molecule has 31 heavy (non-hydrogen) atoms. The third-order valence-corrected chi connectivity index (χ3v) is 5.87. The predicted octanol–water partition coefficient (Wildman–Crippen LogP) is 4.54. The standard InChI is InChI=1S/C24H29FN2O4/c1-4-29-18-6-7-20(26-15-18)23(28)27-11-9-24(10-12-27)14-22(30-16(2)3)19-13-17(25)5-8-21(19)31-24/h5-8,13,15-16,22H,4,9-12,14H2,1-3H3/t22-/m1/s1. The number of benzene rings is 1. The van der Waals surface area contributed by atoms with E-state index in [1.807, 2.05) is 25.7 Å². The highest BCUT2D eigenvalue weighted by Crippen LogP contribution is 2.46. The average Bonchev–Trinajstić information content (AvgIpc) is 2.75. The summed E-state index contributed by atoms with van der Waals surface area (Å²) in [5, 5.41) is 0. The van der Waals surface area contributed by atoms with Gasteiger partial charge in [-0.1, -0.05) is 0 Å². The summed E-state index contributed by atoms with van der Waals surface area (Å²) in [5.41, 5.74) is 0.746. The van der Waals surface area contributed by atoms with Crippen molar-refractivity contribution >= 4 is 5.91 Å². The van der Waals surface area contributed by atoms with E-state index in [1.54, 1.807) is 24.4 Å². The smallest absolute Gasteiger partial charge is 0.272 e. The SMILES string of the molecule is CCOc1ccc(C(=O)N2CCC3(CC2)C[C@@H](OC(C)C)c2cc(F)ccc2O3)nc1. The minimum atomic E-state index is -0.423. The van der Waals surface area contributed by atoms with E-state index in [0.29, 0.717) is 56.2 Å². The Bertz CT molecular complexity index is 924. The van der Waals surface area contributed by atoms with Gasteiger partial charge in [-0.15, -0.1) is 0 Å². The first-order chi connectivity index (χ1) is 14.9. The average molecular weight is 429 g/mol. The van der Waals surface area contributed by atoms with Crippen molar-refractivity contribution in [2.45, 2.75) is 57.8 Å². The number of fused-ring (bicyclic) bond motifs is 1. The predicted molar refractivity (Wildman–Crippen MR) is 114 cm³/mol. The molecule has 2 aliphatic rings. The lowest BCUT2D eigenvalue weighted by Crippen LogP contribution is -2.52. The molecule has 0 unspecified atom stereocenters. The Kier molecular flexibility index (Phi) is 6.14. The van der Waals surface area contributed by atoms with Crippen LogP contribution in [0.4, 0.5) is 4.39 Å². The molecule has 0 aliphatic carbocycles. The van der Waals surface area contributed by atoms with Crippen LogP contribution in [0.1, 0.15) is 62.2 Å². The minimum absolute atomic E-state index is 0.0173. The van der Waals surface area contributed by atoms with E-state index in [2.05, 4.69) is 4.98 Å². The lowest BCUT2D eigenvalue weighted by atomic mass is 9.81. The van der Waals surface area contributed by atoms with Crippen LogP contribution in [0.15, 0.2) is 36.5 Å². The van der Waals surface area contributed by atoms with Crippen molar-refractivity contribution < 1.29 is 23.4 Å². The first-order valence-electron chi connectivity index (χ1n) is 10.9. The van der Waals surface area contributed by atoms with Gasteiger partial charge in [-0.25, -0.2) is 9.37 Å². The van der Waals surface area contributed by atoms with E-state index in [9.17, 15) is 9.18 Å². The van der Waals surface area contributed by atoms with Gasteiger partial charge in [-0.3, -0.25) is 4.79 Å². The molecule has 0 N–H and O–H groups in total. The number of rotatable bonds is 5. The first-order valence-corrected chi connectivity index (χ1v) is 10.9. The highest BCUT2D eigenvalue weighted by atomic mass is 19.1. The van der Waals surface area contributed by atoms with Gasteiger partial charge < -0.3 is 19.1 Å². The van der Waals surface area contributed by atoms with Crippen LogP contribution in [-0.4, -0.2) is 47.2 Å². The van der Waals surface area contributed by atoms with Gasteiger partial charge in [0.05, 0.1) is 25.0 Å². The molecular formula is C24H29FN2O4. The zero-order valence-electron chi connectivity index (χ0n) is 18.3. The van der Waals surface area contributed by atoms with Gasteiger partial charge in [-0.2, -0.15) is 0 Å². The molecule has 0 radical (unpaired) electrons. The number of aromatic nitrogens is 1. The Morgan fingerprint density at radius 1 is 1.29 bits per heavy atom. The number of nitrogens with zero attached hydrogens (tertiary/aromatic N) is 2. The second-order valence-corrected chi connectivity index (χ2v) is 8.45. The van der Waals surface area contributed by atoms with Crippen LogP contribution in [0.2, 0.25) is 0 Å². The summed E-state index contributed by atoms with van der Waals surface area (Å²) in [7, 11) is 0. The van der Waals surface area contributed by atoms with E-state index in [4.69, 9.17) is 14.2 Å². The van der Waals surface area contributed by atoms with E-state index in [1.165, 1.54) is 12.1 Å². The number of halogens is 1. The van der Waals surface area contributed by atoms with Crippen molar-refractivity contribution in [3.8, 4) is 11.5 Å². The summed E-state index contributed by atoms with van der Waals surface area (Å²) in [5.74, 6) is 0.940. The molecule has 6 nitrogen and oxygen atoms in total. The summed E-state index contributed by atoms with van der Waals surface area (Å²) in [6.45, 7) is 7.55. The number of hydrogen-bond donors (Lipinski definition) is 0. The third kappa shape index (κ3) is 4.66. The quantitative estimate of drug-likeness (QED) is 0.700. The van der Waals surface area contributed by atoms with Crippen LogP contribution in [0.3, 0.4) is 0 Å². The fourth-order valence-electron chi connectivity index (χ4n) is 4.38. The molecule has 1 saturated heterocycles. The molecule has 0 saturated carbocycles. The van der Waals surface area contributed by atoms with E-state index >= 15 is 0 Å². The molecule has 2 aliphatic heterocycles. The largest absolute Gasteiger partial charge is 0.492 e. The number of likely N-dealkylation sites (tertiary alicyclic amines) is 1. The van der Waals surface area contributed by atoms with Crippen molar-refractivity contribution in [2.24, 2.45) is 0 Å². The maximum absolute atomic E-state index is 13.8. The second-order valence-electron chi connectivity index (χ2n) is 8.45. The van der Waals surface area contributed by atoms with E-state index in [-0.39, 0.29) is 23.9 Å². The number of hydrogen-bond acceptors (Lipinski definition) is 5. The molecule has 3 heterocycles. The Morgan fingerprint density at radius 2 is 2.06 bits per heavy atom. The van der Waals surface area contributed by atoms with Gasteiger partial charge >= 0.3 is 0 Å². The molecule has 166 valence electrons. The van der Waals surface area contributed by atoms with Crippen LogP contribution in [0.5, 0.6) is 11.5 Å². The van der Waals surface area contributed by atoms with Crippen molar-refractivity contribution in [1.82, 2.24) is 9.88 Å². The number of carbonyl (C=O) groups is 1. The summed E-state index contributed by atoms with van der Waals surface area (Å²) in [4.78, 5) is 19.0. The zero-order chi connectivity index (χ0) is 22.0. The molecule has 1 fully saturated rings. The number of carbonyl (C=O) groups excluding carboxylic acids is 1. The van der Waals surface area contributed by atoms with Crippen molar-refractivity contribution in [3.05, 3.63) is 53.6 Å². The fourth-order valence-corrected chi connectivity index (χ4v) is 4.38. The number of amides is 1. The van der Waals surface area contributed by atoms with Crippen LogP contribution in [-0.2, 0) is 4.74 Å². The maximum atomic E-state index is 13.8. The Morgan fingerprint density at radius 3 is 2.71 bits per heavy atom. The van der Waals surface area contributed by atoms with Gasteiger partial charge in [-0.05, 0) is 51.1 Å². The minimum Gasteiger partial charge on any atom is -0.492 e. The van der Waals surface area contributed by atoms with Gasteiger partial charge in [0.25, 0.3) is 5.91 Å². The van der Waals surface area contributed by atoms with Crippen molar-refractivity contribution in [3.63, 3.8) is 0 Å². The van der Waals surface area contributed by atoms with E-state index in [0.717, 1.165) is 5.56 Å². The summed E-state index contributed by atoms with van der Waals surface area (Å²) in [6.07, 6.45) is 3.38. The van der Waals surface area contributed by atoms with Gasteiger partial charge in [0.2, 0.25) is 0 Å². The summed E-state index contributed by atoms with van der Waals surface area (Å²) >= 11 is 0. The van der Waals surface area contributed by atoms with Gasteiger partial charge in [0.1, 0.15) is 28.6 Å². The molecule has 1 amide bonds. The Labute approximate surface area is 182 Å². The third-order valence-electron chi connectivity index (χ3n) is 5.87. The molecule has 2 aromatic rings. The Balaban J connectivity index is 1.46. The number of ether oxygens (including phenoxy) is 3. The number of piperidine rings is 1. The molecule has 1 spiro atoms. The topological polar surface area (TPSA) is 60.9 Å². The molecule has 7 heteroatoms. The molecule has 1 aromatic heterocycles. The highest BCUT2D eigenvalue weighted by molar-refractivity contribution is 5.92. The normalized spacial score (nSPS) is 19.8. The van der Waals surface area contributed by atoms with Crippen LogP contribution >= 0.6 is 0 Å². The molecular weight excluding hydrogens is 399 g/mol. The van der Waals surface area contributed by atoms with Crippen molar-refractivity contribution in [2.75, 3.05) is 19.7 Å². The molecule has 0 bridgehead atoms. The Hall–Kier alpha value is -2.67. The lowest BCUT2D eigenvalue weighted by molar-refractivity contribution is -0.0874. The lowest BCUT2D eigenvalue weighted by Gasteiger charge is -2.47. The van der Waals surface area contributed by atoms with Gasteiger partial charge in [0, 0.05) is 37.9 Å². The molecule has 4 rings (SSSR count). The zero-order valence-corrected chi connectivity index (χ0v) is 18.3. The monoisotopic (exact) mass is 428 g/mol. The van der Waals surface area contributed by atoms with Gasteiger partial charge in [0.15, 0.2) is 0 Å². The first kappa shape index (κ1) is 21.6. The van der Waals surface area contributed by atoms with Crippen molar-refractivity contribution in [1.29, 1.82) is 0 Å². The highest BCUT2D eigenvalue weighted by Gasteiger charge is 2.45. The summed E-state index contributed by atoms with van der Waals surface area (Å²) in [6, 6.07) is 8.07. The second kappa shape index (κ2) is 8.83. The molecule has 1 aromatic carbocycles. The van der Waals surface area contributed by atoms with E-state index < -0.39 is 5.60 Å².